The molecule has 2 aromatic rings. The predicted octanol–water partition coefficient (Wildman–Crippen LogP) is 7.59. The Labute approximate surface area is 214 Å². The number of unbranched alkanes of at least 4 members (excludes halogenated alkanes) is 13. The molecule has 0 aliphatic heterocycles. The number of nitrogens with zero attached hydrogens (tertiary/aromatic N) is 2. The van der Waals surface area contributed by atoms with Gasteiger partial charge in [-0.2, -0.15) is 0 Å². The molecule has 0 unspecified atom stereocenters. The first-order chi connectivity index (χ1) is 16.9. The third-order valence-electron chi connectivity index (χ3n) is 6.10. The normalized spacial score (nSPS) is 11.0. The number of rotatable bonds is 18. The molecule has 0 aliphatic rings. The average molecular weight is 503 g/mol. The fourth-order valence-corrected chi connectivity index (χ4v) is 4.38. The van der Waals surface area contributed by atoms with Crippen LogP contribution in [0.1, 0.15) is 102 Å². The van der Waals surface area contributed by atoms with Crippen LogP contribution in [0, 0.1) is 0 Å². The van der Waals surface area contributed by atoms with Crippen molar-refractivity contribution >= 4 is 22.4 Å². The van der Waals surface area contributed by atoms with E-state index in [0.29, 0.717) is 0 Å². The van der Waals surface area contributed by atoms with E-state index < -0.39 is 10.1 Å². The molecule has 6 heteroatoms. The van der Waals surface area contributed by atoms with Crippen molar-refractivity contribution < 1.29 is 17.5 Å². The molecule has 0 fully saturated rings. The van der Waals surface area contributed by atoms with E-state index in [1.165, 1.54) is 114 Å². The lowest BCUT2D eigenvalue weighted by Gasteiger charge is -2.05. The maximum absolute atomic E-state index is 10.5. The Balaban J connectivity index is 0.000000427. The standard InChI is InChI=1S/C21H39N2.C8H8O3S/c1-3-5-6-7-8-9-10-11-12-13-14-15-16-17-18-23-20-19-22(4-2)21-23;1-2-7-3-5-8(6-4-7)12(9,10)11/h4,19-21H,2-3,5-18H2,1H3;2-6H,1H2,(H,9,10,11)/q+1;/p-1. The maximum Gasteiger partial charge on any atom is 0.248 e. The monoisotopic (exact) mass is 502 g/mol. The van der Waals surface area contributed by atoms with Crippen molar-refractivity contribution in [3.05, 3.63) is 61.7 Å². The van der Waals surface area contributed by atoms with Gasteiger partial charge in [-0.3, -0.25) is 0 Å². The summed E-state index contributed by atoms with van der Waals surface area (Å²) < 4.78 is 35.6. The zero-order valence-corrected chi connectivity index (χ0v) is 22.6. The van der Waals surface area contributed by atoms with Crippen molar-refractivity contribution in [2.45, 2.75) is 108 Å². The molecule has 0 saturated carbocycles. The molecular formula is C29H46N2O3S. The Morgan fingerprint density at radius 3 is 1.71 bits per heavy atom. The number of hydrogen-bond donors (Lipinski definition) is 0. The smallest absolute Gasteiger partial charge is 0.248 e. The average Bonchev–Trinajstić information content (AvgIpc) is 3.32. The first kappa shape index (κ1) is 30.9. The number of aryl methyl sites for hydroxylation is 1. The number of benzene rings is 1. The van der Waals surface area contributed by atoms with Crippen molar-refractivity contribution in [1.82, 2.24) is 4.57 Å². The highest BCUT2D eigenvalue weighted by Gasteiger charge is 2.00. The van der Waals surface area contributed by atoms with Gasteiger partial charge in [0, 0.05) is 0 Å². The summed E-state index contributed by atoms with van der Waals surface area (Å²) in [6.07, 6.45) is 29.6. The SMILES string of the molecule is C=C[n+]1ccn(CCCCCCCCCCCCCCCC)c1.C=Cc1ccc(S(=O)(=O)[O-])cc1. The van der Waals surface area contributed by atoms with Gasteiger partial charge in [0.25, 0.3) is 0 Å². The first-order valence-corrected chi connectivity index (χ1v) is 14.7. The van der Waals surface area contributed by atoms with Crippen molar-refractivity contribution in [1.29, 1.82) is 0 Å². The Kier molecular flexibility index (Phi) is 16.8. The third-order valence-corrected chi connectivity index (χ3v) is 6.95. The van der Waals surface area contributed by atoms with Crippen LogP contribution in [0.15, 0.2) is 61.0 Å². The summed E-state index contributed by atoms with van der Waals surface area (Å²) in [7, 11) is -4.31. The van der Waals surface area contributed by atoms with Gasteiger partial charge in [0.05, 0.1) is 17.6 Å². The summed E-state index contributed by atoms with van der Waals surface area (Å²) in [6, 6.07) is 5.58. The maximum atomic E-state index is 10.5. The van der Waals surface area contributed by atoms with Crippen molar-refractivity contribution in [3.8, 4) is 0 Å². The topological polar surface area (TPSA) is 66.0 Å². The van der Waals surface area contributed by atoms with E-state index >= 15 is 0 Å². The van der Waals surface area contributed by atoms with Gasteiger partial charge in [-0.15, -0.1) is 0 Å². The largest absolute Gasteiger partial charge is 0.744 e. The summed E-state index contributed by atoms with van der Waals surface area (Å²) in [6.45, 7) is 10.7. The second kappa shape index (κ2) is 19.1. The fraction of sp³-hybridized carbons (Fsp3) is 0.552. The minimum atomic E-state index is -4.31. The first-order valence-electron chi connectivity index (χ1n) is 13.3. The van der Waals surface area contributed by atoms with Crippen molar-refractivity contribution in [3.63, 3.8) is 0 Å². The highest BCUT2D eigenvalue weighted by Crippen LogP contribution is 2.13. The van der Waals surface area contributed by atoms with E-state index in [9.17, 15) is 13.0 Å². The quantitative estimate of drug-likeness (QED) is 0.120. The van der Waals surface area contributed by atoms with Crippen LogP contribution in [-0.4, -0.2) is 17.5 Å². The molecule has 0 spiro atoms. The third kappa shape index (κ3) is 15.4. The summed E-state index contributed by atoms with van der Waals surface area (Å²) in [4.78, 5) is -0.215. The van der Waals surface area contributed by atoms with Crippen LogP contribution in [0.4, 0.5) is 0 Å². The summed E-state index contributed by atoms with van der Waals surface area (Å²) in [5, 5.41) is 0. The van der Waals surface area contributed by atoms with E-state index in [-0.39, 0.29) is 4.90 Å². The van der Waals surface area contributed by atoms with Gasteiger partial charge in [0.2, 0.25) is 6.33 Å². The highest BCUT2D eigenvalue weighted by atomic mass is 32.2. The molecule has 0 amide bonds. The summed E-state index contributed by atoms with van der Waals surface area (Å²) in [5.41, 5.74) is 0.780. The lowest BCUT2D eigenvalue weighted by molar-refractivity contribution is -0.567. The molecule has 0 radical (unpaired) electrons. The van der Waals surface area contributed by atoms with Gasteiger partial charge in [0.15, 0.2) is 0 Å². The molecular weight excluding hydrogens is 456 g/mol. The Morgan fingerprint density at radius 1 is 0.829 bits per heavy atom. The molecule has 1 aromatic heterocycles. The zero-order valence-electron chi connectivity index (χ0n) is 21.7. The van der Waals surface area contributed by atoms with Crippen LogP contribution in [-0.2, 0) is 16.7 Å². The number of aromatic nitrogens is 2. The lowest BCUT2D eigenvalue weighted by Crippen LogP contribution is -2.21. The Morgan fingerprint density at radius 2 is 1.31 bits per heavy atom. The van der Waals surface area contributed by atoms with Crippen LogP contribution < -0.4 is 4.57 Å². The zero-order chi connectivity index (χ0) is 25.8. The molecule has 0 bridgehead atoms. The van der Waals surface area contributed by atoms with Crippen LogP contribution in [0.25, 0.3) is 12.3 Å². The molecule has 1 aromatic carbocycles. The molecule has 35 heavy (non-hydrogen) atoms. The second-order valence-electron chi connectivity index (χ2n) is 9.10. The van der Waals surface area contributed by atoms with E-state index in [2.05, 4.69) is 43.4 Å². The molecule has 0 atom stereocenters. The molecule has 1 heterocycles. The molecule has 0 saturated heterocycles. The molecule has 2 rings (SSSR count). The van der Waals surface area contributed by atoms with E-state index in [1.807, 2.05) is 10.8 Å². The summed E-state index contributed by atoms with van der Waals surface area (Å²) in [5.74, 6) is 0. The molecule has 0 aliphatic carbocycles. The Hall–Kier alpha value is -2.18. The molecule has 5 nitrogen and oxygen atoms in total. The van der Waals surface area contributed by atoms with Crippen LogP contribution in [0.3, 0.4) is 0 Å². The fourth-order valence-electron chi connectivity index (χ4n) is 3.91. The number of imidazole rings is 1. The molecule has 196 valence electrons. The van der Waals surface area contributed by atoms with Crippen LogP contribution in [0.5, 0.6) is 0 Å². The van der Waals surface area contributed by atoms with E-state index in [1.54, 1.807) is 6.08 Å². The van der Waals surface area contributed by atoms with E-state index in [0.717, 1.165) is 12.1 Å². The molecule has 0 N–H and O–H groups in total. The predicted molar refractivity (Wildman–Crippen MR) is 146 cm³/mol. The highest BCUT2D eigenvalue weighted by molar-refractivity contribution is 7.85. The van der Waals surface area contributed by atoms with Crippen molar-refractivity contribution in [2.75, 3.05) is 0 Å². The minimum Gasteiger partial charge on any atom is -0.744 e. The van der Waals surface area contributed by atoms with Crippen LogP contribution >= 0.6 is 0 Å². The van der Waals surface area contributed by atoms with Gasteiger partial charge < -0.3 is 4.55 Å². The van der Waals surface area contributed by atoms with Crippen LogP contribution in [0.2, 0.25) is 0 Å². The lowest BCUT2D eigenvalue weighted by atomic mass is 10.0. The van der Waals surface area contributed by atoms with Crippen molar-refractivity contribution in [2.24, 2.45) is 0 Å². The van der Waals surface area contributed by atoms with Gasteiger partial charge in [-0.05, 0) is 30.5 Å². The minimum absolute atomic E-state index is 0.215. The number of hydrogen-bond acceptors (Lipinski definition) is 3. The Bertz CT molecular complexity index is 918. The van der Waals surface area contributed by atoms with Gasteiger partial charge in [-0.1, -0.05) is 115 Å². The van der Waals surface area contributed by atoms with Gasteiger partial charge >= 0.3 is 0 Å². The summed E-state index contributed by atoms with van der Waals surface area (Å²) >= 11 is 0. The second-order valence-corrected chi connectivity index (χ2v) is 10.5. The van der Waals surface area contributed by atoms with Gasteiger partial charge in [-0.25, -0.2) is 17.6 Å². The van der Waals surface area contributed by atoms with E-state index in [4.69, 9.17) is 0 Å². The van der Waals surface area contributed by atoms with Gasteiger partial charge in [0.1, 0.15) is 22.5 Å².